The van der Waals surface area contributed by atoms with Crippen molar-refractivity contribution in [3.8, 4) is 34.1 Å². The van der Waals surface area contributed by atoms with Crippen molar-refractivity contribution in [2.75, 3.05) is 0 Å². The molecule has 0 aliphatic carbocycles. The fourth-order valence-corrected chi connectivity index (χ4v) is 4.72. The van der Waals surface area contributed by atoms with Crippen molar-refractivity contribution in [2.45, 2.75) is 33.0 Å². The third-order valence-corrected chi connectivity index (χ3v) is 6.40. The molecular formula is C31H28O3S. The maximum atomic E-state index is 6.47. The molecule has 4 aromatic carbocycles. The topological polar surface area (TPSA) is 27.7 Å². The van der Waals surface area contributed by atoms with Crippen LogP contribution in [0, 0.1) is 0 Å². The van der Waals surface area contributed by atoms with Gasteiger partial charge < -0.3 is 14.2 Å². The summed E-state index contributed by atoms with van der Waals surface area (Å²) in [5.74, 6) is 3.27. The zero-order valence-corrected chi connectivity index (χ0v) is 21.0. The molecule has 35 heavy (non-hydrogen) atoms. The smallest absolute Gasteiger partial charge is 0.145 e. The van der Waals surface area contributed by atoms with Gasteiger partial charge in [-0.2, -0.15) is 0 Å². The quantitative estimate of drug-likeness (QED) is 0.232. The van der Waals surface area contributed by atoms with E-state index in [9.17, 15) is 0 Å². The highest BCUT2D eigenvalue weighted by atomic mass is 32.1. The van der Waals surface area contributed by atoms with E-state index >= 15 is 0 Å². The highest BCUT2D eigenvalue weighted by molar-refractivity contribution is 7.17. The molecule has 0 fully saturated rings. The van der Waals surface area contributed by atoms with Gasteiger partial charge in [-0.25, -0.2) is 0 Å². The molecule has 0 unspecified atom stereocenters. The molecule has 0 spiro atoms. The van der Waals surface area contributed by atoms with Crippen molar-refractivity contribution in [2.24, 2.45) is 0 Å². The fourth-order valence-electron chi connectivity index (χ4n) is 3.86. The van der Waals surface area contributed by atoms with Crippen molar-refractivity contribution in [3.05, 3.63) is 108 Å². The normalized spacial score (nSPS) is 11.4. The van der Waals surface area contributed by atoms with Crippen LogP contribution in [0.4, 0.5) is 0 Å². The first-order valence-corrected chi connectivity index (χ1v) is 12.6. The first-order chi connectivity index (χ1) is 16.9. The SMILES string of the molecule is CC(C)(C)Oc1ccc(-c2cc(OCc3ccccc3)ccc2Oc2csc3ccccc23)cc1. The van der Waals surface area contributed by atoms with Crippen molar-refractivity contribution >= 4 is 21.4 Å². The fraction of sp³-hybridized carbons (Fsp3) is 0.161. The molecule has 5 aromatic rings. The van der Waals surface area contributed by atoms with Gasteiger partial charge in [-0.05, 0) is 74.4 Å². The highest BCUT2D eigenvalue weighted by Gasteiger charge is 2.15. The van der Waals surface area contributed by atoms with Crippen LogP contribution in [-0.4, -0.2) is 5.60 Å². The van der Waals surface area contributed by atoms with Crippen LogP contribution in [-0.2, 0) is 6.61 Å². The second kappa shape index (κ2) is 9.85. The number of hydrogen-bond donors (Lipinski definition) is 0. The van der Waals surface area contributed by atoms with E-state index in [1.54, 1.807) is 11.3 Å². The standard InChI is InChI=1S/C31H28O3S/c1-31(2,3)34-24-15-13-23(14-16-24)27-19-25(32-20-22-9-5-4-6-10-22)17-18-28(27)33-29-21-35-30-12-8-7-11-26(29)30/h4-19,21H,20H2,1-3H3. The maximum Gasteiger partial charge on any atom is 0.145 e. The summed E-state index contributed by atoms with van der Waals surface area (Å²) in [6, 6.07) is 32.6. The minimum Gasteiger partial charge on any atom is -0.489 e. The zero-order valence-electron chi connectivity index (χ0n) is 20.2. The summed E-state index contributed by atoms with van der Waals surface area (Å²) in [5, 5.41) is 3.18. The van der Waals surface area contributed by atoms with Crippen molar-refractivity contribution in [3.63, 3.8) is 0 Å². The molecule has 0 N–H and O–H groups in total. The van der Waals surface area contributed by atoms with Crippen LogP contribution in [0.2, 0.25) is 0 Å². The third kappa shape index (κ3) is 5.67. The Morgan fingerprint density at radius 2 is 1.43 bits per heavy atom. The number of benzene rings is 4. The van der Waals surface area contributed by atoms with E-state index < -0.39 is 0 Å². The van der Waals surface area contributed by atoms with Gasteiger partial charge in [-0.1, -0.05) is 54.6 Å². The molecule has 5 rings (SSSR count). The number of fused-ring (bicyclic) bond motifs is 1. The summed E-state index contributed by atoms with van der Waals surface area (Å²) >= 11 is 1.68. The molecule has 1 aromatic heterocycles. The first kappa shape index (κ1) is 23.0. The summed E-state index contributed by atoms with van der Waals surface area (Å²) in [6.45, 7) is 6.65. The van der Waals surface area contributed by atoms with Crippen molar-refractivity contribution < 1.29 is 14.2 Å². The lowest BCUT2D eigenvalue weighted by Gasteiger charge is -2.21. The minimum atomic E-state index is -0.249. The first-order valence-electron chi connectivity index (χ1n) is 11.7. The lowest BCUT2D eigenvalue weighted by Crippen LogP contribution is -2.22. The van der Waals surface area contributed by atoms with E-state index in [0.29, 0.717) is 6.61 Å². The molecule has 4 heteroatoms. The van der Waals surface area contributed by atoms with Crippen LogP contribution in [0.3, 0.4) is 0 Å². The summed E-state index contributed by atoms with van der Waals surface area (Å²) in [5.41, 5.74) is 2.88. The van der Waals surface area contributed by atoms with Crippen LogP contribution < -0.4 is 14.2 Å². The number of hydrogen-bond acceptors (Lipinski definition) is 4. The predicted molar refractivity (Wildman–Crippen MR) is 145 cm³/mol. The Morgan fingerprint density at radius 1 is 0.714 bits per heavy atom. The van der Waals surface area contributed by atoms with Gasteiger partial charge >= 0.3 is 0 Å². The lowest BCUT2D eigenvalue weighted by molar-refractivity contribution is 0.131. The average molecular weight is 481 g/mol. The van der Waals surface area contributed by atoms with Gasteiger partial charge in [0.2, 0.25) is 0 Å². The van der Waals surface area contributed by atoms with Gasteiger partial charge in [0.1, 0.15) is 35.2 Å². The molecule has 1 heterocycles. The molecule has 0 aliphatic heterocycles. The Bertz CT molecular complexity index is 1410. The van der Waals surface area contributed by atoms with Gasteiger partial charge in [0.15, 0.2) is 0 Å². The Kier molecular flexibility index (Phi) is 6.47. The van der Waals surface area contributed by atoms with Crippen LogP contribution in [0.15, 0.2) is 102 Å². The summed E-state index contributed by atoms with van der Waals surface area (Å²) in [4.78, 5) is 0. The van der Waals surface area contributed by atoms with Gasteiger partial charge in [0.25, 0.3) is 0 Å². The molecule has 0 bridgehead atoms. The summed E-state index contributed by atoms with van der Waals surface area (Å²) in [6.07, 6.45) is 0. The van der Waals surface area contributed by atoms with Gasteiger partial charge in [0, 0.05) is 21.0 Å². The molecular weight excluding hydrogens is 452 g/mol. The predicted octanol–water partition coefficient (Wildman–Crippen LogP) is 9.12. The van der Waals surface area contributed by atoms with E-state index in [1.165, 1.54) is 4.70 Å². The maximum absolute atomic E-state index is 6.47. The highest BCUT2D eigenvalue weighted by Crippen LogP contribution is 2.41. The van der Waals surface area contributed by atoms with E-state index in [2.05, 4.69) is 41.8 Å². The zero-order chi connectivity index (χ0) is 24.3. The van der Waals surface area contributed by atoms with E-state index in [1.807, 2.05) is 81.4 Å². The van der Waals surface area contributed by atoms with Gasteiger partial charge in [0.05, 0.1) is 0 Å². The van der Waals surface area contributed by atoms with Crippen LogP contribution in [0.5, 0.6) is 23.0 Å². The Morgan fingerprint density at radius 3 is 2.20 bits per heavy atom. The molecule has 0 atom stereocenters. The molecule has 0 radical (unpaired) electrons. The molecule has 0 saturated heterocycles. The van der Waals surface area contributed by atoms with Crippen LogP contribution in [0.1, 0.15) is 26.3 Å². The van der Waals surface area contributed by atoms with Gasteiger partial charge in [-0.3, -0.25) is 0 Å². The minimum absolute atomic E-state index is 0.249. The Hall–Kier alpha value is -3.76. The average Bonchev–Trinajstić information content (AvgIpc) is 3.26. The summed E-state index contributed by atoms with van der Waals surface area (Å²) in [7, 11) is 0. The molecule has 176 valence electrons. The lowest BCUT2D eigenvalue weighted by atomic mass is 10.0. The Balaban J connectivity index is 1.48. The molecule has 0 amide bonds. The molecule has 0 saturated carbocycles. The molecule has 3 nitrogen and oxygen atoms in total. The number of rotatable bonds is 7. The largest absolute Gasteiger partial charge is 0.489 e. The van der Waals surface area contributed by atoms with Crippen LogP contribution >= 0.6 is 11.3 Å². The third-order valence-electron chi connectivity index (χ3n) is 5.45. The second-order valence-electron chi connectivity index (χ2n) is 9.37. The summed E-state index contributed by atoms with van der Waals surface area (Å²) < 4.78 is 19.8. The monoisotopic (exact) mass is 480 g/mol. The van der Waals surface area contributed by atoms with Crippen molar-refractivity contribution in [1.82, 2.24) is 0 Å². The second-order valence-corrected chi connectivity index (χ2v) is 10.3. The number of ether oxygens (including phenoxy) is 3. The molecule has 0 aliphatic rings. The van der Waals surface area contributed by atoms with Gasteiger partial charge in [-0.15, -0.1) is 11.3 Å². The van der Waals surface area contributed by atoms with E-state index in [-0.39, 0.29) is 5.60 Å². The number of thiophene rings is 1. The van der Waals surface area contributed by atoms with Crippen molar-refractivity contribution in [1.29, 1.82) is 0 Å². The van der Waals surface area contributed by atoms with E-state index in [0.717, 1.165) is 45.1 Å². The van der Waals surface area contributed by atoms with E-state index in [4.69, 9.17) is 14.2 Å². The van der Waals surface area contributed by atoms with Crippen LogP contribution in [0.25, 0.3) is 21.2 Å². The Labute approximate surface area is 210 Å².